The van der Waals surface area contributed by atoms with Crippen molar-refractivity contribution in [2.75, 3.05) is 5.32 Å². The fourth-order valence-electron chi connectivity index (χ4n) is 1.24. The van der Waals surface area contributed by atoms with Gasteiger partial charge in [0.25, 0.3) is 0 Å². The van der Waals surface area contributed by atoms with Gasteiger partial charge in [-0.2, -0.15) is 0 Å². The minimum absolute atomic E-state index is 0.302. The van der Waals surface area contributed by atoms with E-state index >= 15 is 0 Å². The summed E-state index contributed by atoms with van der Waals surface area (Å²) in [5.41, 5.74) is 0.548. The van der Waals surface area contributed by atoms with Crippen LogP contribution in [0, 0.1) is 5.82 Å². The Hall–Kier alpha value is -1.62. The number of amides is 1. The summed E-state index contributed by atoms with van der Waals surface area (Å²) in [4.78, 5) is 11.7. The van der Waals surface area contributed by atoms with Crippen LogP contribution in [-0.2, 0) is 0 Å². The van der Waals surface area contributed by atoms with Gasteiger partial charge in [0.1, 0.15) is 5.82 Å². The summed E-state index contributed by atoms with van der Waals surface area (Å²) in [6, 6.07) is 8.79. The minimum Gasteiger partial charge on any atom is -0.307 e. The van der Waals surface area contributed by atoms with Gasteiger partial charge in [-0.05, 0) is 52.3 Å². The number of rotatable bonds is 1. The third-order valence-electron chi connectivity index (χ3n) is 2.01. The molecule has 5 heteroatoms. The third-order valence-corrected chi connectivity index (χ3v) is 2.66. The molecule has 2 rings (SSSR count). The zero-order valence-corrected chi connectivity index (χ0v) is 9.74. The van der Waals surface area contributed by atoms with Crippen LogP contribution < -0.4 is 5.32 Å². The molecule has 0 aliphatic heterocycles. The molecule has 1 aromatic carbocycles. The second-order valence-electron chi connectivity index (χ2n) is 3.14. The molecule has 2 aromatic rings. The van der Waals surface area contributed by atoms with E-state index in [1.165, 1.54) is 28.8 Å². The van der Waals surface area contributed by atoms with Gasteiger partial charge < -0.3 is 5.32 Å². The number of hydrogen-bond acceptors (Lipinski definition) is 1. The molecule has 0 atom stereocenters. The molecule has 1 amide bonds. The summed E-state index contributed by atoms with van der Waals surface area (Å²) < 4.78 is 14.7. The van der Waals surface area contributed by atoms with E-state index < -0.39 is 0 Å². The van der Waals surface area contributed by atoms with Gasteiger partial charge in [-0.1, -0.05) is 0 Å². The van der Waals surface area contributed by atoms with E-state index in [-0.39, 0.29) is 11.8 Å². The number of halogens is 2. The summed E-state index contributed by atoms with van der Waals surface area (Å²) in [5, 5.41) is 2.64. The minimum atomic E-state index is -0.333. The van der Waals surface area contributed by atoms with E-state index in [2.05, 4.69) is 21.2 Å². The van der Waals surface area contributed by atoms with Crippen molar-refractivity contribution >= 4 is 27.6 Å². The fraction of sp³-hybridized carbons (Fsp3) is 0. The van der Waals surface area contributed by atoms with E-state index in [0.29, 0.717) is 10.3 Å². The standard InChI is InChI=1S/C11H8BrFN2O/c12-10-2-1-7-15(10)11(16)14-9-5-3-8(13)4-6-9/h1-7H,(H,14,16). The van der Waals surface area contributed by atoms with Crippen molar-refractivity contribution in [1.29, 1.82) is 0 Å². The van der Waals surface area contributed by atoms with Gasteiger partial charge >= 0.3 is 6.03 Å². The molecule has 0 saturated heterocycles. The second-order valence-corrected chi connectivity index (χ2v) is 3.95. The first-order valence-electron chi connectivity index (χ1n) is 4.56. The van der Waals surface area contributed by atoms with Crippen LogP contribution in [0.5, 0.6) is 0 Å². The summed E-state index contributed by atoms with van der Waals surface area (Å²) in [6.07, 6.45) is 1.63. The van der Waals surface area contributed by atoms with E-state index in [4.69, 9.17) is 0 Å². The van der Waals surface area contributed by atoms with Crippen molar-refractivity contribution in [2.24, 2.45) is 0 Å². The molecule has 0 aliphatic rings. The summed E-state index contributed by atoms with van der Waals surface area (Å²) in [6.45, 7) is 0. The number of carbonyl (C=O) groups is 1. The second kappa shape index (κ2) is 4.49. The average Bonchev–Trinajstić information content (AvgIpc) is 2.68. The fourth-order valence-corrected chi connectivity index (χ4v) is 1.67. The van der Waals surface area contributed by atoms with Gasteiger partial charge in [-0.3, -0.25) is 4.57 Å². The number of benzene rings is 1. The molecule has 1 aromatic heterocycles. The first kappa shape index (κ1) is 10.9. The Morgan fingerprint density at radius 1 is 1.25 bits per heavy atom. The molecule has 0 saturated carbocycles. The number of anilines is 1. The zero-order chi connectivity index (χ0) is 11.5. The predicted molar refractivity (Wildman–Crippen MR) is 62.9 cm³/mol. The maximum Gasteiger partial charge on any atom is 0.330 e. The largest absolute Gasteiger partial charge is 0.330 e. The Labute approximate surface area is 100 Å². The number of carbonyl (C=O) groups excluding carboxylic acids is 1. The summed E-state index contributed by atoms with van der Waals surface area (Å²) in [7, 11) is 0. The molecule has 0 aliphatic carbocycles. The molecule has 1 N–H and O–H groups in total. The maximum absolute atomic E-state index is 12.6. The molecule has 0 unspecified atom stereocenters. The zero-order valence-electron chi connectivity index (χ0n) is 8.15. The van der Waals surface area contributed by atoms with Crippen molar-refractivity contribution in [3.63, 3.8) is 0 Å². The van der Waals surface area contributed by atoms with Crippen molar-refractivity contribution in [1.82, 2.24) is 4.57 Å². The SMILES string of the molecule is O=C(Nc1ccc(F)cc1)n1cccc1Br. The summed E-state index contributed by atoms with van der Waals surface area (Å²) >= 11 is 3.23. The van der Waals surface area contributed by atoms with Gasteiger partial charge in [-0.15, -0.1) is 0 Å². The van der Waals surface area contributed by atoms with Crippen LogP contribution in [0.15, 0.2) is 47.2 Å². The van der Waals surface area contributed by atoms with Gasteiger partial charge in [0, 0.05) is 11.9 Å². The first-order chi connectivity index (χ1) is 7.66. The van der Waals surface area contributed by atoms with Crippen molar-refractivity contribution in [3.8, 4) is 0 Å². The molecule has 82 valence electrons. The van der Waals surface area contributed by atoms with Crippen LogP contribution in [0.1, 0.15) is 0 Å². The molecule has 1 heterocycles. The van der Waals surface area contributed by atoms with Gasteiger partial charge in [0.2, 0.25) is 0 Å². The van der Waals surface area contributed by atoms with Gasteiger partial charge in [0.15, 0.2) is 0 Å². The highest BCUT2D eigenvalue weighted by atomic mass is 79.9. The smallest absolute Gasteiger partial charge is 0.307 e. The molecule has 3 nitrogen and oxygen atoms in total. The summed E-state index contributed by atoms with van der Waals surface area (Å²) in [5.74, 6) is -0.333. The highest BCUT2D eigenvalue weighted by molar-refractivity contribution is 9.10. The Balaban J connectivity index is 2.14. The van der Waals surface area contributed by atoms with Crippen LogP contribution in [0.4, 0.5) is 14.9 Å². The van der Waals surface area contributed by atoms with Gasteiger partial charge in [-0.25, -0.2) is 9.18 Å². The molecular formula is C11H8BrFN2O. The maximum atomic E-state index is 12.6. The number of aromatic nitrogens is 1. The number of nitrogens with one attached hydrogen (secondary N) is 1. The molecule has 0 fully saturated rings. The van der Waals surface area contributed by atoms with E-state index in [0.717, 1.165) is 0 Å². The molecule has 0 spiro atoms. The lowest BCUT2D eigenvalue weighted by atomic mass is 10.3. The van der Waals surface area contributed by atoms with Crippen LogP contribution in [0.25, 0.3) is 0 Å². The lowest BCUT2D eigenvalue weighted by Crippen LogP contribution is -2.18. The molecule has 16 heavy (non-hydrogen) atoms. The number of nitrogens with zero attached hydrogens (tertiary/aromatic N) is 1. The van der Waals surface area contributed by atoms with Gasteiger partial charge in [0.05, 0.1) is 4.60 Å². The van der Waals surface area contributed by atoms with E-state index in [1.807, 2.05) is 0 Å². The quantitative estimate of drug-likeness (QED) is 0.854. The highest BCUT2D eigenvalue weighted by Crippen LogP contribution is 2.13. The molecular weight excluding hydrogens is 275 g/mol. The average molecular weight is 283 g/mol. The van der Waals surface area contributed by atoms with Crippen LogP contribution in [-0.4, -0.2) is 10.6 Å². The third kappa shape index (κ3) is 2.30. The Morgan fingerprint density at radius 3 is 2.50 bits per heavy atom. The highest BCUT2D eigenvalue weighted by Gasteiger charge is 2.06. The first-order valence-corrected chi connectivity index (χ1v) is 5.36. The van der Waals surface area contributed by atoms with Crippen LogP contribution >= 0.6 is 15.9 Å². The lowest BCUT2D eigenvalue weighted by molar-refractivity contribution is 0.253. The molecule has 0 radical (unpaired) electrons. The number of hydrogen-bond donors (Lipinski definition) is 1. The Morgan fingerprint density at radius 2 is 1.94 bits per heavy atom. The van der Waals surface area contributed by atoms with Crippen molar-refractivity contribution < 1.29 is 9.18 Å². The topological polar surface area (TPSA) is 34.0 Å². The Bertz CT molecular complexity index is 507. The predicted octanol–water partition coefficient (Wildman–Crippen LogP) is 3.47. The molecule has 0 bridgehead atoms. The monoisotopic (exact) mass is 282 g/mol. The van der Waals surface area contributed by atoms with E-state index in [9.17, 15) is 9.18 Å². The van der Waals surface area contributed by atoms with E-state index in [1.54, 1.807) is 18.3 Å². The van der Waals surface area contributed by atoms with Crippen molar-refractivity contribution in [3.05, 3.63) is 53.0 Å². The normalized spacial score (nSPS) is 10.1. The van der Waals surface area contributed by atoms with Crippen LogP contribution in [0.2, 0.25) is 0 Å². The van der Waals surface area contributed by atoms with Crippen LogP contribution in [0.3, 0.4) is 0 Å². The lowest BCUT2D eigenvalue weighted by Gasteiger charge is -2.06. The van der Waals surface area contributed by atoms with Crippen molar-refractivity contribution in [2.45, 2.75) is 0 Å². The Kier molecular flexibility index (Phi) is 3.05.